The molecule has 1 N–H and O–H groups in total. The Kier molecular flexibility index (Phi) is 5.40. The molecule has 0 aliphatic carbocycles. The number of aliphatic hydroxyl groups excluding tert-OH is 1. The molecule has 0 saturated carbocycles. The molecule has 1 rings (SSSR count). The Labute approximate surface area is 81.3 Å². The van der Waals surface area contributed by atoms with Crippen LogP contribution in [0.2, 0.25) is 0 Å². The molecule has 2 nitrogen and oxygen atoms in total. The van der Waals surface area contributed by atoms with Crippen LogP contribution in [0.4, 0.5) is 0 Å². The van der Waals surface area contributed by atoms with Crippen molar-refractivity contribution in [3.63, 3.8) is 0 Å². The van der Waals surface area contributed by atoms with E-state index in [0.717, 1.165) is 12.8 Å². The van der Waals surface area contributed by atoms with Gasteiger partial charge in [0.15, 0.2) is 0 Å². The molecule has 2 unspecified atom stereocenters. The molecule has 0 amide bonds. The Bertz CT molecular complexity index is 125. The van der Waals surface area contributed by atoms with Crippen molar-refractivity contribution in [1.29, 1.82) is 0 Å². The molecule has 78 valence electrons. The molecule has 0 aromatic rings. The number of unbranched alkanes of at least 4 members (excludes halogenated alkanes) is 3. The van der Waals surface area contributed by atoms with Crippen LogP contribution in [0.25, 0.3) is 0 Å². The van der Waals surface area contributed by atoms with Gasteiger partial charge >= 0.3 is 0 Å². The molecule has 13 heavy (non-hydrogen) atoms. The molecule has 1 heterocycles. The van der Waals surface area contributed by atoms with Crippen LogP contribution >= 0.6 is 0 Å². The summed E-state index contributed by atoms with van der Waals surface area (Å²) in [6.45, 7) is 2.43. The lowest BCUT2D eigenvalue weighted by Crippen LogP contribution is -2.14. The van der Waals surface area contributed by atoms with E-state index in [1.807, 2.05) is 0 Å². The molecule has 1 fully saturated rings. The van der Waals surface area contributed by atoms with Crippen molar-refractivity contribution in [2.24, 2.45) is 0 Å². The highest BCUT2D eigenvalue weighted by Gasteiger charge is 2.23. The van der Waals surface area contributed by atoms with Crippen molar-refractivity contribution in [2.75, 3.05) is 6.61 Å². The van der Waals surface area contributed by atoms with Gasteiger partial charge in [0.05, 0.1) is 18.8 Å². The van der Waals surface area contributed by atoms with Gasteiger partial charge in [-0.1, -0.05) is 32.6 Å². The summed E-state index contributed by atoms with van der Waals surface area (Å²) < 4.78 is 5.64. The predicted octanol–water partition coefficient (Wildman–Crippen LogP) is 2.50. The molecular weight excluding hydrogens is 164 g/mol. The van der Waals surface area contributed by atoms with Crippen molar-refractivity contribution < 1.29 is 9.84 Å². The maximum atomic E-state index is 8.87. The Morgan fingerprint density at radius 1 is 1.15 bits per heavy atom. The summed E-state index contributed by atoms with van der Waals surface area (Å²) in [6.07, 6.45) is 9.23. The first-order valence-corrected chi connectivity index (χ1v) is 5.63. The van der Waals surface area contributed by atoms with E-state index in [4.69, 9.17) is 9.84 Å². The van der Waals surface area contributed by atoms with Crippen molar-refractivity contribution in [1.82, 2.24) is 0 Å². The standard InChI is InChI=1S/C11H22O2/c1-2-3-4-5-6-10-7-8-11(9-12)13-10/h10-12H,2-9H2,1H3. The van der Waals surface area contributed by atoms with Crippen molar-refractivity contribution in [2.45, 2.75) is 64.1 Å². The second kappa shape index (κ2) is 6.39. The summed E-state index contributed by atoms with van der Waals surface area (Å²) >= 11 is 0. The summed E-state index contributed by atoms with van der Waals surface area (Å²) in [5, 5.41) is 8.87. The third-order valence-electron chi connectivity index (χ3n) is 2.78. The average molecular weight is 186 g/mol. The minimum atomic E-state index is 0.135. The van der Waals surface area contributed by atoms with Crippen molar-refractivity contribution >= 4 is 0 Å². The van der Waals surface area contributed by atoms with Gasteiger partial charge in [-0.2, -0.15) is 0 Å². The lowest BCUT2D eigenvalue weighted by atomic mass is 10.1. The monoisotopic (exact) mass is 186 g/mol. The second-order valence-corrected chi connectivity index (χ2v) is 3.99. The zero-order valence-electron chi connectivity index (χ0n) is 8.67. The highest BCUT2D eigenvalue weighted by atomic mass is 16.5. The van der Waals surface area contributed by atoms with Gasteiger partial charge in [0.25, 0.3) is 0 Å². The lowest BCUT2D eigenvalue weighted by molar-refractivity contribution is 0.00759. The van der Waals surface area contributed by atoms with Crippen LogP contribution in [0, 0.1) is 0 Å². The summed E-state index contributed by atoms with van der Waals surface area (Å²) in [5.41, 5.74) is 0. The molecule has 0 aromatic carbocycles. The predicted molar refractivity (Wildman–Crippen MR) is 53.7 cm³/mol. The first-order chi connectivity index (χ1) is 6.36. The zero-order valence-corrected chi connectivity index (χ0v) is 8.67. The molecule has 0 aromatic heterocycles. The molecule has 2 heteroatoms. The second-order valence-electron chi connectivity index (χ2n) is 3.99. The van der Waals surface area contributed by atoms with Gasteiger partial charge in [-0.3, -0.25) is 0 Å². The van der Waals surface area contributed by atoms with E-state index in [2.05, 4.69) is 6.92 Å². The molecule has 1 saturated heterocycles. The SMILES string of the molecule is CCCCCCC1CCC(CO)O1. The van der Waals surface area contributed by atoms with E-state index < -0.39 is 0 Å². The smallest absolute Gasteiger partial charge is 0.0810 e. The van der Waals surface area contributed by atoms with Crippen LogP contribution in [0.1, 0.15) is 51.9 Å². The molecule has 0 bridgehead atoms. The molecule has 0 spiro atoms. The van der Waals surface area contributed by atoms with Crippen LogP contribution < -0.4 is 0 Å². The first kappa shape index (κ1) is 11.0. The van der Waals surface area contributed by atoms with Crippen molar-refractivity contribution in [3.05, 3.63) is 0 Å². The largest absolute Gasteiger partial charge is 0.394 e. The van der Waals surface area contributed by atoms with E-state index in [-0.39, 0.29) is 12.7 Å². The van der Waals surface area contributed by atoms with Gasteiger partial charge in [0.1, 0.15) is 0 Å². The van der Waals surface area contributed by atoms with Crippen LogP contribution in [-0.2, 0) is 4.74 Å². The average Bonchev–Trinajstić information content (AvgIpc) is 2.60. The van der Waals surface area contributed by atoms with Crippen LogP contribution in [0.15, 0.2) is 0 Å². The normalized spacial score (nSPS) is 28.2. The first-order valence-electron chi connectivity index (χ1n) is 5.63. The number of aliphatic hydroxyl groups is 1. The minimum Gasteiger partial charge on any atom is -0.394 e. The topological polar surface area (TPSA) is 29.5 Å². The third kappa shape index (κ3) is 4.10. The van der Waals surface area contributed by atoms with Gasteiger partial charge in [0.2, 0.25) is 0 Å². The number of ether oxygens (including phenoxy) is 1. The van der Waals surface area contributed by atoms with Crippen LogP contribution in [0.3, 0.4) is 0 Å². The van der Waals surface area contributed by atoms with E-state index in [0.29, 0.717) is 6.10 Å². The Morgan fingerprint density at radius 3 is 2.54 bits per heavy atom. The fourth-order valence-electron chi connectivity index (χ4n) is 1.93. The number of rotatable bonds is 6. The van der Waals surface area contributed by atoms with Gasteiger partial charge in [-0.05, 0) is 19.3 Å². The van der Waals surface area contributed by atoms with E-state index in [9.17, 15) is 0 Å². The Balaban J connectivity index is 1.97. The van der Waals surface area contributed by atoms with Crippen molar-refractivity contribution in [3.8, 4) is 0 Å². The summed E-state index contributed by atoms with van der Waals surface area (Å²) in [4.78, 5) is 0. The zero-order chi connectivity index (χ0) is 9.52. The summed E-state index contributed by atoms with van der Waals surface area (Å²) in [6, 6.07) is 0. The maximum absolute atomic E-state index is 8.87. The highest BCUT2D eigenvalue weighted by molar-refractivity contribution is 4.72. The fourth-order valence-corrected chi connectivity index (χ4v) is 1.93. The van der Waals surface area contributed by atoms with Crippen LogP contribution in [0.5, 0.6) is 0 Å². The number of hydrogen-bond donors (Lipinski definition) is 1. The summed E-state index contributed by atoms with van der Waals surface area (Å²) in [7, 11) is 0. The molecule has 1 aliphatic heterocycles. The fraction of sp³-hybridized carbons (Fsp3) is 1.00. The third-order valence-corrected chi connectivity index (χ3v) is 2.78. The maximum Gasteiger partial charge on any atom is 0.0810 e. The van der Waals surface area contributed by atoms with Gasteiger partial charge in [-0.15, -0.1) is 0 Å². The molecule has 0 radical (unpaired) electrons. The quantitative estimate of drug-likeness (QED) is 0.646. The minimum absolute atomic E-state index is 0.135. The van der Waals surface area contributed by atoms with E-state index in [1.54, 1.807) is 0 Å². The van der Waals surface area contributed by atoms with Gasteiger partial charge in [-0.25, -0.2) is 0 Å². The Hall–Kier alpha value is -0.0800. The lowest BCUT2D eigenvalue weighted by Gasteiger charge is -2.11. The van der Waals surface area contributed by atoms with Crippen LogP contribution in [-0.4, -0.2) is 23.9 Å². The molecular formula is C11H22O2. The Morgan fingerprint density at radius 2 is 1.92 bits per heavy atom. The highest BCUT2D eigenvalue weighted by Crippen LogP contribution is 2.23. The molecule has 1 aliphatic rings. The van der Waals surface area contributed by atoms with E-state index in [1.165, 1.54) is 32.1 Å². The summed E-state index contributed by atoms with van der Waals surface area (Å²) in [5.74, 6) is 0. The van der Waals surface area contributed by atoms with E-state index >= 15 is 0 Å². The van der Waals surface area contributed by atoms with Gasteiger partial charge < -0.3 is 9.84 Å². The molecule has 2 atom stereocenters. The van der Waals surface area contributed by atoms with Gasteiger partial charge in [0, 0.05) is 0 Å². The number of hydrogen-bond acceptors (Lipinski definition) is 2.